The van der Waals surface area contributed by atoms with Crippen LogP contribution < -0.4 is 5.43 Å². The molecule has 0 aromatic heterocycles. The molecule has 0 radical (unpaired) electrons. The van der Waals surface area contributed by atoms with Gasteiger partial charge in [0.1, 0.15) is 0 Å². The van der Waals surface area contributed by atoms with Gasteiger partial charge in [0.2, 0.25) is 0 Å². The van der Waals surface area contributed by atoms with Crippen molar-refractivity contribution in [1.29, 1.82) is 0 Å². The van der Waals surface area contributed by atoms with Crippen molar-refractivity contribution in [2.75, 3.05) is 0 Å². The summed E-state index contributed by atoms with van der Waals surface area (Å²) < 4.78 is 0. The summed E-state index contributed by atoms with van der Waals surface area (Å²) in [6, 6.07) is 0. The molecule has 0 unspecified atom stereocenters. The molecule has 1 heterocycles. The van der Waals surface area contributed by atoms with Gasteiger partial charge < -0.3 is 0 Å². The van der Waals surface area contributed by atoms with Gasteiger partial charge in [0.05, 0.1) is 0 Å². The number of hydrogen-bond acceptors (Lipinski definition) is 2. The number of allylic oxidation sites excluding steroid dienone is 3. The zero-order chi connectivity index (χ0) is 9.03. The van der Waals surface area contributed by atoms with Crippen LogP contribution in [0.15, 0.2) is 29.0 Å². The quantitative estimate of drug-likeness (QED) is 0.632. The molecule has 0 bridgehead atoms. The fourth-order valence-corrected chi connectivity index (χ4v) is 1.15. The Balaban J connectivity index is 2.62. The van der Waals surface area contributed by atoms with E-state index < -0.39 is 0 Å². The van der Waals surface area contributed by atoms with Gasteiger partial charge in [-0.1, -0.05) is 20.8 Å². The molecule has 1 aliphatic heterocycles. The lowest BCUT2D eigenvalue weighted by Gasteiger charge is -2.18. The van der Waals surface area contributed by atoms with Gasteiger partial charge >= 0.3 is 0 Å². The second-order valence-electron chi connectivity index (χ2n) is 4.22. The maximum Gasteiger partial charge on any atom is 0.0474 e. The average Bonchev–Trinajstić information content (AvgIpc) is 2.12. The third kappa shape index (κ3) is 3.37. The number of hydrogen-bond donors (Lipinski definition) is 1. The highest BCUT2D eigenvalue weighted by molar-refractivity contribution is 5.73. The normalized spacial score (nSPS) is 16.8. The van der Waals surface area contributed by atoms with Crippen molar-refractivity contribution in [2.24, 2.45) is 10.5 Å². The summed E-state index contributed by atoms with van der Waals surface area (Å²) in [6.45, 7) is 6.70. The molecule has 1 rings (SSSR count). The number of nitrogens with one attached hydrogen (secondary N) is 1. The fourth-order valence-electron chi connectivity index (χ4n) is 1.15. The summed E-state index contributed by atoms with van der Waals surface area (Å²) in [5.74, 6) is 0. The highest BCUT2D eigenvalue weighted by Gasteiger charge is 2.11. The number of hydrazone groups is 1. The van der Waals surface area contributed by atoms with Crippen molar-refractivity contribution in [3.8, 4) is 0 Å². The third-order valence-electron chi connectivity index (χ3n) is 1.54. The Labute approximate surface area is 74.1 Å². The molecule has 0 saturated heterocycles. The molecule has 66 valence electrons. The van der Waals surface area contributed by atoms with Crippen LogP contribution in [0.3, 0.4) is 0 Å². The Morgan fingerprint density at radius 2 is 2.17 bits per heavy atom. The smallest absolute Gasteiger partial charge is 0.0474 e. The van der Waals surface area contributed by atoms with E-state index in [2.05, 4.69) is 37.4 Å². The van der Waals surface area contributed by atoms with E-state index in [0.29, 0.717) is 5.41 Å². The van der Waals surface area contributed by atoms with Crippen molar-refractivity contribution in [3.05, 3.63) is 23.9 Å². The standard InChI is InChI=1S/C10H16N2/c1-10(2,3)8-9-4-6-11-12-7-5-9/h4-7,11H,8H2,1-3H3. The minimum absolute atomic E-state index is 0.342. The van der Waals surface area contributed by atoms with Crippen molar-refractivity contribution < 1.29 is 0 Å². The van der Waals surface area contributed by atoms with E-state index in [1.807, 2.05) is 12.3 Å². The Bertz CT molecular complexity index is 229. The van der Waals surface area contributed by atoms with Crippen LogP contribution in [0.5, 0.6) is 0 Å². The zero-order valence-electron chi connectivity index (χ0n) is 7.96. The topological polar surface area (TPSA) is 24.4 Å². The average molecular weight is 164 g/mol. The molecule has 1 N–H and O–H groups in total. The third-order valence-corrected chi connectivity index (χ3v) is 1.54. The Morgan fingerprint density at radius 1 is 1.42 bits per heavy atom. The van der Waals surface area contributed by atoms with Gasteiger partial charge in [-0.3, -0.25) is 5.43 Å². The molecule has 12 heavy (non-hydrogen) atoms. The van der Waals surface area contributed by atoms with Crippen LogP contribution in [0, 0.1) is 5.41 Å². The van der Waals surface area contributed by atoms with Crippen molar-refractivity contribution in [1.82, 2.24) is 5.43 Å². The van der Waals surface area contributed by atoms with E-state index in [9.17, 15) is 0 Å². The van der Waals surface area contributed by atoms with Crippen molar-refractivity contribution in [3.63, 3.8) is 0 Å². The van der Waals surface area contributed by atoms with Crippen molar-refractivity contribution >= 4 is 6.21 Å². The molecule has 0 aromatic carbocycles. The van der Waals surface area contributed by atoms with E-state index >= 15 is 0 Å². The first-order valence-corrected chi connectivity index (χ1v) is 4.22. The summed E-state index contributed by atoms with van der Waals surface area (Å²) in [5.41, 5.74) is 4.46. The van der Waals surface area contributed by atoms with Gasteiger partial charge in [-0.2, -0.15) is 5.10 Å². The Hall–Kier alpha value is -1.05. The molecule has 0 amide bonds. The molecule has 0 fully saturated rings. The minimum atomic E-state index is 0.342. The van der Waals surface area contributed by atoms with Crippen LogP contribution in [-0.2, 0) is 0 Å². The van der Waals surface area contributed by atoms with Crippen LogP contribution in [0.25, 0.3) is 0 Å². The second kappa shape index (κ2) is 3.57. The molecule has 2 nitrogen and oxygen atoms in total. The first-order chi connectivity index (χ1) is 5.58. The van der Waals surface area contributed by atoms with Crippen LogP contribution in [-0.4, -0.2) is 6.21 Å². The zero-order valence-corrected chi connectivity index (χ0v) is 7.96. The van der Waals surface area contributed by atoms with E-state index in [0.717, 1.165) is 6.42 Å². The van der Waals surface area contributed by atoms with Gasteiger partial charge in [-0.25, -0.2) is 0 Å². The maximum atomic E-state index is 3.91. The molecular formula is C10H16N2. The van der Waals surface area contributed by atoms with Crippen molar-refractivity contribution in [2.45, 2.75) is 27.2 Å². The highest BCUT2D eigenvalue weighted by atomic mass is 15.3. The lowest BCUT2D eigenvalue weighted by Crippen LogP contribution is -2.05. The van der Waals surface area contributed by atoms with E-state index in [-0.39, 0.29) is 0 Å². The highest BCUT2D eigenvalue weighted by Crippen LogP contribution is 2.24. The number of nitrogens with zero attached hydrogens (tertiary/aromatic N) is 1. The summed E-state index contributed by atoms with van der Waals surface area (Å²) in [7, 11) is 0. The molecule has 0 atom stereocenters. The van der Waals surface area contributed by atoms with Gasteiger partial charge in [-0.15, -0.1) is 0 Å². The molecule has 0 saturated carbocycles. The molecule has 1 aliphatic rings. The monoisotopic (exact) mass is 164 g/mol. The first-order valence-electron chi connectivity index (χ1n) is 4.22. The SMILES string of the molecule is CC(C)(C)CC1=CC=NNC=C1. The second-order valence-corrected chi connectivity index (χ2v) is 4.22. The van der Waals surface area contributed by atoms with E-state index in [1.165, 1.54) is 5.57 Å². The predicted octanol–water partition coefficient (Wildman–Crippen LogP) is 2.45. The van der Waals surface area contributed by atoms with Crippen LogP contribution in [0.4, 0.5) is 0 Å². The lowest BCUT2D eigenvalue weighted by molar-refractivity contribution is 0.413. The molecule has 0 spiro atoms. The lowest BCUT2D eigenvalue weighted by atomic mass is 9.88. The first kappa shape index (κ1) is 9.04. The van der Waals surface area contributed by atoms with Crippen LogP contribution in [0.2, 0.25) is 0 Å². The molecule has 0 aliphatic carbocycles. The Kier molecular flexibility index (Phi) is 2.69. The Morgan fingerprint density at radius 3 is 2.83 bits per heavy atom. The van der Waals surface area contributed by atoms with Gasteiger partial charge in [0.15, 0.2) is 0 Å². The van der Waals surface area contributed by atoms with Gasteiger partial charge in [0, 0.05) is 12.4 Å². The van der Waals surface area contributed by atoms with E-state index in [1.54, 1.807) is 6.21 Å². The minimum Gasteiger partial charge on any atom is -0.286 e. The summed E-state index contributed by atoms with van der Waals surface area (Å²) >= 11 is 0. The van der Waals surface area contributed by atoms with Gasteiger partial charge in [0.25, 0.3) is 0 Å². The fraction of sp³-hybridized carbons (Fsp3) is 0.500. The van der Waals surface area contributed by atoms with Crippen LogP contribution in [0.1, 0.15) is 27.2 Å². The van der Waals surface area contributed by atoms with Crippen LogP contribution >= 0.6 is 0 Å². The largest absolute Gasteiger partial charge is 0.286 e. The molecule has 2 heteroatoms. The summed E-state index contributed by atoms with van der Waals surface area (Å²) in [5, 5.41) is 3.91. The maximum absolute atomic E-state index is 3.91. The molecule has 0 aromatic rings. The molecular weight excluding hydrogens is 148 g/mol. The summed E-state index contributed by atoms with van der Waals surface area (Å²) in [6.07, 6.45) is 8.85. The summed E-state index contributed by atoms with van der Waals surface area (Å²) in [4.78, 5) is 0. The number of rotatable bonds is 1. The van der Waals surface area contributed by atoms with E-state index in [4.69, 9.17) is 0 Å². The van der Waals surface area contributed by atoms with Gasteiger partial charge in [-0.05, 0) is 29.6 Å². The predicted molar refractivity (Wildman–Crippen MR) is 52.9 cm³/mol.